The first-order chi connectivity index (χ1) is 21.1. The number of hydrogen-bond donors (Lipinski definition) is 1. The molecule has 0 saturated heterocycles. The van der Waals surface area contributed by atoms with Crippen molar-refractivity contribution in [3.05, 3.63) is 131 Å². The number of unbranched alkanes of at least 4 members (excludes halogenated alkanes) is 8. The summed E-state index contributed by atoms with van der Waals surface area (Å²) in [5.74, 6) is 1.31. The first-order valence-electron chi connectivity index (χ1n) is 16.3. The smallest absolute Gasteiger partial charge is 0.119 e. The van der Waals surface area contributed by atoms with Gasteiger partial charge < -0.3 is 9.84 Å². The van der Waals surface area contributed by atoms with Gasteiger partial charge in [-0.15, -0.1) is 0 Å². The number of halogens is 1. The molecule has 0 aromatic heterocycles. The molecule has 0 saturated carbocycles. The SMILES string of the molecule is CCCCCCCBr.CCCCCCCOc1ccc(Cc2ccccc2)cc1.Oc1ccc(Cc2ccccc2)cc1. The van der Waals surface area contributed by atoms with Crippen molar-refractivity contribution in [2.75, 3.05) is 11.9 Å². The van der Waals surface area contributed by atoms with E-state index in [0.29, 0.717) is 5.75 Å². The lowest BCUT2D eigenvalue weighted by atomic mass is 10.1. The van der Waals surface area contributed by atoms with Gasteiger partial charge in [-0.1, -0.05) is 166 Å². The molecule has 232 valence electrons. The molecule has 0 unspecified atom stereocenters. The van der Waals surface area contributed by atoms with Crippen molar-refractivity contribution < 1.29 is 9.84 Å². The minimum atomic E-state index is 0.321. The Bertz CT molecular complexity index is 1150. The molecule has 2 nitrogen and oxygen atoms in total. The predicted octanol–water partition coefficient (Wildman–Crippen LogP) is 12.0. The third-order valence-electron chi connectivity index (χ3n) is 7.12. The highest BCUT2D eigenvalue weighted by Crippen LogP contribution is 2.16. The Morgan fingerprint density at radius 2 is 0.907 bits per heavy atom. The van der Waals surface area contributed by atoms with E-state index < -0.39 is 0 Å². The summed E-state index contributed by atoms with van der Waals surface area (Å²) in [5.41, 5.74) is 5.19. The van der Waals surface area contributed by atoms with Gasteiger partial charge in [0.2, 0.25) is 0 Å². The average Bonchev–Trinajstić information content (AvgIpc) is 3.05. The molecule has 3 heteroatoms. The second-order valence-electron chi connectivity index (χ2n) is 11.0. The van der Waals surface area contributed by atoms with Gasteiger partial charge in [0.05, 0.1) is 6.61 Å². The van der Waals surface area contributed by atoms with Gasteiger partial charge in [-0.25, -0.2) is 0 Å². The van der Waals surface area contributed by atoms with E-state index in [-0.39, 0.29) is 0 Å². The van der Waals surface area contributed by atoms with Crippen LogP contribution in [0.1, 0.15) is 100 Å². The molecular formula is C40H53BrO2. The van der Waals surface area contributed by atoms with Crippen molar-refractivity contribution in [2.45, 2.75) is 90.9 Å². The largest absolute Gasteiger partial charge is 0.508 e. The van der Waals surface area contributed by atoms with Crippen molar-refractivity contribution in [2.24, 2.45) is 0 Å². The Balaban J connectivity index is 0.000000252. The maximum atomic E-state index is 9.12. The summed E-state index contributed by atoms with van der Waals surface area (Å²) in [6, 6.07) is 36.7. The van der Waals surface area contributed by atoms with Crippen LogP contribution in [0.15, 0.2) is 109 Å². The second kappa shape index (κ2) is 24.4. The summed E-state index contributed by atoms with van der Waals surface area (Å²) < 4.78 is 5.79. The van der Waals surface area contributed by atoms with Gasteiger partial charge >= 0.3 is 0 Å². The molecule has 4 aromatic carbocycles. The normalized spacial score (nSPS) is 10.2. The summed E-state index contributed by atoms with van der Waals surface area (Å²) in [6.45, 7) is 5.32. The van der Waals surface area contributed by atoms with Crippen molar-refractivity contribution in [1.29, 1.82) is 0 Å². The maximum absolute atomic E-state index is 9.12. The van der Waals surface area contributed by atoms with Crippen molar-refractivity contribution in [3.63, 3.8) is 0 Å². The van der Waals surface area contributed by atoms with Gasteiger partial charge in [-0.2, -0.15) is 0 Å². The van der Waals surface area contributed by atoms with Crippen LogP contribution in [0.5, 0.6) is 11.5 Å². The maximum Gasteiger partial charge on any atom is 0.119 e. The van der Waals surface area contributed by atoms with Gasteiger partial charge in [-0.3, -0.25) is 0 Å². The standard InChI is InChI=1S/C20H26O.C13H12O.C7H15Br/c1-2-3-4-5-9-16-21-20-14-12-19(13-15-20)17-18-10-7-6-8-11-18;14-13-8-6-12(7-9-13)10-11-4-2-1-3-5-11;1-2-3-4-5-6-7-8/h6-8,10-15H,2-5,9,16-17H2,1H3;1-9,14H,10H2;2-7H2,1H3. The number of aromatic hydroxyl groups is 1. The van der Waals surface area contributed by atoms with E-state index in [2.05, 4.69) is 96.5 Å². The third-order valence-corrected chi connectivity index (χ3v) is 7.68. The molecule has 0 aliphatic rings. The van der Waals surface area contributed by atoms with E-state index in [1.165, 1.54) is 85.4 Å². The Morgan fingerprint density at radius 1 is 0.488 bits per heavy atom. The van der Waals surface area contributed by atoms with Crippen LogP contribution in [0.4, 0.5) is 0 Å². The zero-order valence-corrected chi connectivity index (χ0v) is 28.1. The number of phenols is 1. The summed E-state index contributed by atoms with van der Waals surface area (Å²) in [7, 11) is 0. The Kier molecular flexibility index (Phi) is 20.5. The highest BCUT2D eigenvalue weighted by Gasteiger charge is 1.98. The number of phenolic OH excluding ortho intramolecular Hbond substituents is 1. The number of benzene rings is 4. The van der Waals surface area contributed by atoms with Crippen LogP contribution >= 0.6 is 15.9 Å². The molecule has 0 radical (unpaired) electrons. The van der Waals surface area contributed by atoms with E-state index in [9.17, 15) is 0 Å². The highest BCUT2D eigenvalue weighted by atomic mass is 79.9. The molecule has 0 spiro atoms. The topological polar surface area (TPSA) is 29.5 Å². The number of ether oxygens (including phenoxy) is 1. The lowest BCUT2D eigenvalue weighted by Crippen LogP contribution is -1.97. The van der Waals surface area contributed by atoms with E-state index in [0.717, 1.165) is 31.6 Å². The fourth-order valence-corrected chi connectivity index (χ4v) is 4.97. The van der Waals surface area contributed by atoms with E-state index in [1.807, 2.05) is 30.3 Å². The quantitative estimate of drug-likeness (QED) is 0.0970. The summed E-state index contributed by atoms with van der Waals surface area (Å²) >= 11 is 3.40. The fourth-order valence-electron chi connectivity index (χ4n) is 4.57. The number of rotatable bonds is 16. The van der Waals surface area contributed by atoms with Crippen LogP contribution in [0.2, 0.25) is 0 Å². The summed E-state index contributed by atoms with van der Waals surface area (Å²) in [5, 5.41) is 10.3. The van der Waals surface area contributed by atoms with E-state index in [4.69, 9.17) is 9.84 Å². The van der Waals surface area contributed by atoms with Gasteiger partial charge in [0.15, 0.2) is 0 Å². The molecule has 0 heterocycles. The first-order valence-corrected chi connectivity index (χ1v) is 17.4. The van der Waals surface area contributed by atoms with Gasteiger partial charge in [0.1, 0.15) is 11.5 Å². The third kappa shape index (κ3) is 18.3. The minimum Gasteiger partial charge on any atom is -0.508 e. The molecule has 0 bridgehead atoms. The number of alkyl halides is 1. The van der Waals surface area contributed by atoms with Crippen LogP contribution in [-0.4, -0.2) is 17.0 Å². The average molecular weight is 646 g/mol. The second-order valence-corrected chi connectivity index (χ2v) is 11.8. The molecule has 0 aliphatic heterocycles. The highest BCUT2D eigenvalue weighted by molar-refractivity contribution is 9.09. The molecule has 43 heavy (non-hydrogen) atoms. The lowest BCUT2D eigenvalue weighted by molar-refractivity contribution is 0.304. The molecule has 1 N–H and O–H groups in total. The van der Waals surface area contributed by atoms with Crippen LogP contribution < -0.4 is 4.74 Å². The Hall–Kier alpha value is -3.04. The van der Waals surface area contributed by atoms with Crippen molar-refractivity contribution in [3.8, 4) is 11.5 Å². The van der Waals surface area contributed by atoms with Crippen LogP contribution in [-0.2, 0) is 12.8 Å². The zero-order chi connectivity index (χ0) is 30.8. The van der Waals surface area contributed by atoms with Gasteiger partial charge in [0, 0.05) is 5.33 Å². The summed E-state index contributed by atoms with van der Waals surface area (Å²) in [4.78, 5) is 0. The van der Waals surface area contributed by atoms with Gasteiger partial charge in [0.25, 0.3) is 0 Å². The van der Waals surface area contributed by atoms with Gasteiger partial charge in [-0.05, 0) is 72.2 Å². The monoisotopic (exact) mass is 644 g/mol. The zero-order valence-electron chi connectivity index (χ0n) is 26.5. The first kappa shape index (κ1) is 36.2. The molecular weight excluding hydrogens is 592 g/mol. The Labute approximate surface area is 270 Å². The van der Waals surface area contributed by atoms with E-state index in [1.54, 1.807) is 12.1 Å². The molecule has 0 fully saturated rings. The molecule has 4 rings (SSSR count). The molecule has 0 amide bonds. The van der Waals surface area contributed by atoms with Crippen LogP contribution in [0.25, 0.3) is 0 Å². The molecule has 0 atom stereocenters. The Morgan fingerprint density at radius 3 is 1.37 bits per heavy atom. The summed E-state index contributed by atoms with van der Waals surface area (Å²) in [6.07, 6.45) is 15.2. The lowest BCUT2D eigenvalue weighted by Gasteiger charge is -2.07. The molecule has 4 aromatic rings. The van der Waals surface area contributed by atoms with E-state index >= 15 is 0 Å². The van der Waals surface area contributed by atoms with Crippen molar-refractivity contribution in [1.82, 2.24) is 0 Å². The van der Waals surface area contributed by atoms with Crippen LogP contribution in [0.3, 0.4) is 0 Å². The molecule has 0 aliphatic carbocycles. The van der Waals surface area contributed by atoms with Crippen molar-refractivity contribution >= 4 is 15.9 Å². The minimum absolute atomic E-state index is 0.321. The number of hydrogen-bond acceptors (Lipinski definition) is 2. The predicted molar refractivity (Wildman–Crippen MR) is 190 cm³/mol. The fraction of sp³-hybridized carbons (Fsp3) is 0.400. The van der Waals surface area contributed by atoms with Crippen LogP contribution in [0, 0.1) is 0 Å².